The molecule has 0 saturated carbocycles. The van der Waals surface area contributed by atoms with Gasteiger partial charge in [0.05, 0.1) is 40.6 Å². The van der Waals surface area contributed by atoms with Crippen molar-refractivity contribution >= 4 is 40.7 Å². The molecule has 1 atom stereocenters. The lowest BCUT2D eigenvalue weighted by Crippen LogP contribution is -2.40. The van der Waals surface area contributed by atoms with Crippen LogP contribution >= 0.6 is 22.9 Å². The maximum Gasteiger partial charge on any atom is 0.338 e. The second kappa shape index (κ2) is 12.6. The molecule has 10 heteroatoms. The lowest BCUT2D eigenvalue weighted by molar-refractivity contribution is -0.138. The summed E-state index contributed by atoms with van der Waals surface area (Å²) in [5.41, 5.74) is 1.98. The van der Waals surface area contributed by atoms with Crippen LogP contribution < -0.4 is 24.4 Å². The molecule has 0 unspecified atom stereocenters. The SMILES string of the molecule is C=CCOc1c(Cl)cc(/C=c2\sc3n(c2=O)[C@@H](c2ccc(F)cc2)C(C(=O)OCC)=C(c2ccccc2)N=3)cc1OC. The highest BCUT2D eigenvalue weighted by atomic mass is 35.5. The van der Waals surface area contributed by atoms with Crippen LogP contribution in [0.2, 0.25) is 5.02 Å². The van der Waals surface area contributed by atoms with Crippen LogP contribution in [0.15, 0.2) is 94.7 Å². The van der Waals surface area contributed by atoms with Gasteiger partial charge in [-0.25, -0.2) is 14.2 Å². The van der Waals surface area contributed by atoms with Gasteiger partial charge in [-0.3, -0.25) is 9.36 Å². The number of carbonyl (C=O) groups is 1. The van der Waals surface area contributed by atoms with Gasteiger partial charge in [-0.05, 0) is 48.4 Å². The van der Waals surface area contributed by atoms with Crippen LogP contribution in [0.1, 0.15) is 29.7 Å². The van der Waals surface area contributed by atoms with Gasteiger partial charge >= 0.3 is 5.97 Å². The predicted octanol–water partition coefficient (Wildman–Crippen LogP) is 5.30. The van der Waals surface area contributed by atoms with Crippen molar-refractivity contribution in [3.8, 4) is 11.5 Å². The number of hydrogen-bond acceptors (Lipinski definition) is 7. The number of aromatic nitrogens is 1. The first-order chi connectivity index (χ1) is 20.4. The van der Waals surface area contributed by atoms with Crippen molar-refractivity contribution in [2.45, 2.75) is 13.0 Å². The Kier molecular flexibility index (Phi) is 8.70. The van der Waals surface area contributed by atoms with Crippen molar-refractivity contribution in [1.82, 2.24) is 4.57 Å². The number of fused-ring (bicyclic) bond motifs is 1. The van der Waals surface area contributed by atoms with Crippen LogP contribution in [0.5, 0.6) is 11.5 Å². The molecule has 0 bridgehead atoms. The maximum atomic E-state index is 14.0. The van der Waals surface area contributed by atoms with Gasteiger partial charge < -0.3 is 14.2 Å². The first-order valence-electron chi connectivity index (χ1n) is 13.0. The lowest BCUT2D eigenvalue weighted by Gasteiger charge is -2.25. The van der Waals surface area contributed by atoms with Crippen LogP contribution in [0.3, 0.4) is 0 Å². The van der Waals surface area contributed by atoms with E-state index in [1.165, 1.54) is 23.8 Å². The molecule has 0 saturated heterocycles. The van der Waals surface area contributed by atoms with Crippen molar-refractivity contribution < 1.29 is 23.4 Å². The van der Waals surface area contributed by atoms with Crippen LogP contribution in [0.4, 0.5) is 4.39 Å². The fraction of sp³-hybridized carbons (Fsp3) is 0.156. The first kappa shape index (κ1) is 29.0. The second-order valence-corrected chi connectivity index (χ2v) is 10.5. The lowest BCUT2D eigenvalue weighted by atomic mass is 9.93. The van der Waals surface area contributed by atoms with E-state index in [0.717, 1.165) is 11.3 Å². The molecule has 42 heavy (non-hydrogen) atoms. The number of thiazole rings is 1. The van der Waals surface area contributed by atoms with Crippen molar-refractivity contribution in [3.05, 3.63) is 132 Å². The number of halogens is 2. The van der Waals surface area contributed by atoms with E-state index >= 15 is 0 Å². The zero-order valence-electron chi connectivity index (χ0n) is 22.8. The Hall–Kier alpha value is -4.47. The van der Waals surface area contributed by atoms with Crippen LogP contribution in [0, 0.1) is 5.82 Å². The second-order valence-electron chi connectivity index (χ2n) is 9.12. The number of benzene rings is 3. The molecule has 7 nitrogen and oxygen atoms in total. The van der Waals surface area contributed by atoms with E-state index in [9.17, 15) is 14.0 Å². The molecule has 0 fully saturated rings. The Labute approximate surface area is 250 Å². The zero-order valence-corrected chi connectivity index (χ0v) is 24.4. The van der Waals surface area contributed by atoms with Crippen molar-refractivity contribution in [2.24, 2.45) is 4.99 Å². The normalized spacial score (nSPS) is 14.7. The number of ether oxygens (including phenoxy) is 3. The molecule has 4 aromatic rings. The molecule has 0 N–H and O–H groups in total. The molecule has 0 radical (unpaired) electrons. The largest absolute Gasteiger partial charge is 0.493 e. The van der Waals surface area contributed by atoms with Gasteiger partial charge in [0.25, 0.3) is 5.56 Å². The van der Waals surface area contributed by atoms with Crippen molar-refractivity contribution in [3.63, 3.8) is 0 Å². The Balaban J connectivity index is 1.77. The molecule has 2 heterocycles. The van der Waals surface area contributed by atoms with Gasteiger partial charge in [0, 0.05) is 5.56 Å². The molecule has 5 rings (SSSR count). The summed E-state index contributed by atoms with van der Waals surface area (Å²) in [6.07, 6.45) is 3.27. The molecular formula is C32H26ClFN2O5S. The number of rotatable bonds is 9. The third kappa shape index (κ3) is 5.66. The summed E-state index contributed by atoms with van der Waals surface area (Å²) in [5, 5.41) is 0.301. The number of esters is 1. The topological polar surface area (TPSA) is 79.1 Å². The minimum atomic E-state index is -0.911. The molecule has 0 aliphatic carbocycles. The average molecular weight is 605 g/mol. The minimum absolute atomic E-state index is 0.125. The predicted molar refractivity (Wildman–Crippen MR) is 161 cm³/mol. The third-order valence-electron chi connectivity index (χ3n) is 6.45. The summed E-state index contributed by atoms with van der Waals surface area (Å²) in [7, 11) is 1.49. The maximum absolute atomic E-state index is 14.0. The Morgan fingerprint density at radius 3 is 2.57 bits per heavy atom. The Morgan fingerprint density at radius 1 is 1.17 bits per heavy atom. The van der Waals surface area contributed by atoms with Crippen LogP contribution in [-0.2, 0) is 9.53 Å². The van der Waals surface area contributed by atoms with Crippen LogP contribution in [-0.4, -0.2) is 30.9 Å². The van der Waals surface area contributed by atoms with E-state index in [-0.39, 0.29) is 24.3 Å². The van der Waals surface area contributed by atoms with E-state index in [1.54, 1.807) is 43.3 Å². The van der Waals surface area contributed by atoms with Gasteiger partial charge in [0.1, 0.15) is 12.4 Å². The summed E-state index contributed by atoms with van der Waals surface area (Å²) in [6, 6.07) is 17.3. The van der Waals surface area contributed by atoms with E-state index in [1.807, 2.05) is 30.3 Å². The molecule has 0 spiro atoms. The average Bonchev–Trinajstić information content (AvgIpc) is 3.30. The fourth-order valence-electron chi connectivity index (χ4n) is 4.66. The fourth-order valence-corrected chi connectivity index (χ4v) is 5.93. The molecule has 0 amide bonds. The van der Waals surface area contributed by atoms with Gasteiger partial charge in [0.15, 0.2) is 16.3 Å². The summed E-state index contributed by atoms with van der Waals surface area (Å²) in [6.45, 7) is 5.72. The molecule has 1 aliphatic rings. The number of hydrogen-bond donors (Lipinski definition) is 0. The smallest absolute Gasteiger partial charge is 0.338 e. The third-order valence-corrected chi connectivity index (χ3v) is 7.72. The number of carbonyl (C=O) groups excluding carboxylic acids is 1. The van der Waals surface area contributed by atoms with Crippen molar-refractivity contribution in [2.75, 3.05) is 20.3 Å². The van der Waals surface area contributed by atoms with Crippen molar-refractivity contribution in [1.29, 1.82) is 0 Å². The molecule has 3 aromatic carbocycles. The van der Waals surface area contributed by atoms with E-state index in [0.29, 0.717) is 48.2 Å². The van der Waals surface area contributed by atoms with E-state index in [2.05, 4.69) is 6.58 Å². The van der Waals surface area contributed by atoms with Gasteiger partial charge in [-0.1, -0.05) is 78.1 Å². The standard InChI is InChI=1S/C32H26ClFN2O5S/c1-4-15-41-29-23(33)16-19(17-24(29)39-3)18-25-30(37)36-28(21-11-13-22(34)14-12-21)26(31(38)40-5-2)27(35-32(36)42-25)20-9-7-6-8-10-20/h4,6-14,16-18,28H,1,5,15H2,2-3H3/b25-18-/t28-/m0/s1. The quantitative estimate of drug-likeness (QED) is 0.191. The summed E-state index contributed by atoms with van der Waals surface area (Å²) in [5.74, 6) is -0.304. The Bertz CT molecular complexity index is 1860. The highest BCUT2D eigenvalue weighted by Crippen LogP contribution is 2.37. The highest BCUT2D eigenvalue weighted by Gasteiger charge is 2.35. The molecule has 1 aromatic heterocycles. The van der Waals surface area contributed by atoms with Gasteiger partial charge in [-0.15, -0.1) is 0 Å². The van der Waals surface area contributed by atoms with E-state index < -0.39 is 17.8 Å². The monoisotopic (exact) mass is 604 g/mol. The Morgan fingerprint density at radius 2 is 1.90 bits per heavy atom. The highest BCUT2D eigenvalue weighted by molar-refractivity contribution is 7.07. The minimum Gasteiger partial charge on any atom is -0.493 e. The molecule has 214 valence electrons. The summed E-state index contributed by atoms with van der Waals surface area (Å²) in [4.78, 5) is 32.7. The summed E-state index contributed by atoms with van der Waals surface area (Å²) >= 11 is 7.66. The molecular weight excluding hydrogens is 579 g/mol. The van der Waals surface area contributed by atoms with Gasteiger partial charge in [-0.2, -0.15) is 0 Å². The zero-order chi connectivity index (χ0) is 29.8. The summed E-state index contributed by atoms with van der Waals surface area (Å²) < 4.78 is 32.3. The number of methoxy groups -OCH3 is 1. The van der Waals surface area contributed by atoms with E-state index in [4.69, 9.17) is 30.8 Å². The molecule has 1 aliphatic heterocycles. The first-order valence-corrected chi connectivity index (χ1v) is 14.2. The van der Waals surface area contributed by atoms with Gasteiger partial charge in [0.2, 0.25) is 0 Å². The number of nitrogens with zero attached hydrogens (tertiary/aromatic N) is 2. The van der Waals surface area contributed by atoms with Crippen LogP contribution in [0.25, 0.3) is 11.8 Å².